The van der Waals surface area contributed by atoms with Crippen molar-refractivity contribution in [2.75, 3.05) is 6.61 Å². The molecule has 0 spiro atoms. The molecule has 0 aromatic heterocycles. The maximum absolute atomic E-state index is 9.30. The number of hydrogen-bond donors (Lipinski definition) is 2. The zero-order valence-electron chi connectivity index (χ0n) is 6.03. The molecule has 0 saturated heterocycles. The monoisotopic (exact) mass is 142 g/mol. The molecule has 0 saturated carbocycles. The maximum Gasteiger partial charge on any atom is 0.0750 e. The highest BCUT2D eigenvalue weighted by Gasteiger charge is 2.17. The number of hydrogen-bond acceptors (Lipinski definition) is 2. The minimum Gasteiger partial charge on any atom is -0.396 e. The highest BCUT2D eigenvalue weighted by atomic mass is 16.3. The van der Waals surface area contributed by atoms with Crippen LogP contribution in [0.4, 0.5) is 0 Å². The van der Waals surface area contributed by atoms with Crippen molar-refractivity contribution in [3.63, 3.8) is 0 Å². The number of rotatable bonds is 2. The first kappa shape index (κ1) is 7.76. The van der Waals surface area contributed by atoms with Gasteiger partial charge in [0.2, 0.25) is 0 Å². The van der Waals surface area contributed by atoms with Crippen LogP contribution in [0.2, 0.25) is 0 Å². The van der Waals surface area contributed by atoms with Crippen molar-refractivity contribution < 1.29 is 10.2 Å². The lowest BCUT2D eigenvalue weighted by Gasteiger charge is -2.22. The minimum absolute atomic E-state index is 0.190. The topological polar surface area (TPSA) is 40.5 Å². The van der Waals surface area contributed by atoms with Crippen LogP contribution in [0.15, 0.2) is 12.2 Å². The van der Waals surface area contributed by atoms with Gasteiger partial charge in [-0.15, -0.1) is 0 Å². The van der Waals surface area contributed by atoms with Gasteiger partial charge in [0.1, 0.15) is 0 Å². The van der Waals surface area contributed by atoms with Crippen molar-refractivity contribution in [3.8, 4) is 0 Å². The van der Waals surface area contributed by atoms with Gasteiger partial charge in [-0.05, 0) is 25.2 Å². The Morgan fingerprint density at radius 3 is 2.90 bits per heavy atom. The zero-order valence-corrected chi connectivity index (χ0v) is 6.03. The third-order valence-electron chi connectivity index (χ3n) is 2.02. The number of allylic oxidation sites excluding steroid dienone is 1. The SMILES string of the molecule is OCC[C@@H]1CCC=C[C@@H]1O. The Kier molecular flexibility index (Phi) is 2.90. The van der Waals surface area contributed by atoms with Gasteiger partial charge in [-0.3, -0.25) is 0 Å². The summed E-state index contributed by atoms with van der Waals surface area (Å²) >= 11 is 0. The first-order valence-corrected chi connectivity index (χ1v) is 3.80. The first-order chi connectivity index (χ1) is 4.84. The van der Waals surface area contributed by atoms with Crippen LogP contribution < -0.4 is 0 Å². The molecule has 0 fully saturated rings. The van der Waals surface area contributed by atoms with Crippen LogP contribution in [-0.4, -0.2) is 22.9 Å². The van der Waals surface area contributed by atoms with Crippen molar-refractivity contribution in [1.29, 1.82) is 0 Å². The van der Waals surface area contributed by atoms with Crippen LogP contribution in [0.3, 0.4) is 0 Å². The second-order valence-corrected chi connectivity index (χ2v) is 2.77. The van der Waals surface area contributed by atoms with Crippen molar-refractivity contribution in [1.82, 2.24) is 0 Å². The molecule has 2 atom stereocenters. The Labute approximate surface area is 61.2 Å². The molecular formula is C8H14O2. The third kappa shape index (κ3) is 1.82. The fourth-order valence-electron chi connectivity index (χ4n) is 1.35. The van der Waals surface area contributed by atoms with E-state index in [1.165, 1.54) is 0 Å². The molecule has 10 heavy (non-hydrogen) atoms. The van der Waals surface area contributed by atoms with E-state index in [9.17, 15) is 5.11 Å². The fraction of sp³-hybridized carbons (Fsp3) is 0.750. The third-order valence-corrected chi connectivity index (χ3v) is 2.02. The molecular weight excluding hydrogens is 128 g/mol. The first-order valence-electron chi connectivity index (χ1n) is 3.80. The summed E-state index contributed by atoms with van der Waals surface area (Å²) in [5.41, 5.74) is 0. The van der Waals surface area contributed by atoms with E-state index in [4.69, 9.17) is 5.11 Å². The molecule has 1 rings (SSSR count). The molecule has 2 nitrogen and oxygen atoms in total. The van der Waals surface area contributed by atoms with Crippen molar-refractivity contribution in [3.05, 3.63) is 12.2 Å². The van der Waals surface area contributed by atoms with Crippen molar-refractivity contribution >= 4 is 0 Å². The Morgan fingerprint density at radius 1 is 1.50 bits per heavy atom. The quantitative estimate of drug-likeness (QED) is 0.557. The van der Waals surface area contributed by atoms with Gasteiger partial charge in [-0.25, -0.2) is 0 Å². The Bertz CT molecular complexity index is 120. The fourth-order valence-corrected chi connectivity index (χ4v) is 1.35. The van der Waals surface area contributed by atoms with Crippen LogP contribution in [0.1, 0.15) is 19.3 Å². The Balaban J connectivity index is 2.36. The lowest BCUT2D eigenvalue weighted by atomic mass is 9.89. The molecule has 0 aromatic carbocycles. The molecule has 0 radical (unpaired) electrons. The summed E-state index contributed by atoms with van der Waals surface area (Å²) in [5.74, 6) is 0.287. The number of aliphatic hydroxyl groups excluding tert-OH is 2. The van der Waals surface area contributed by atoms with Crippen LogP contribution in [0.5, 0.6) is 0 Å². The van der Waals surface area contributed by atoms with Gasteiger partial charge in [0.25, 0.3) is 0 Å². The van der Waals surface area contributed by atoms with E-state index in [1.807, 2.05) is 12.2 Å². The molecule has 0 bridgehead atoms. The summed E-state index contributed by atoms with van der Waals surface area (Å²) in [5, 5.41) is 17.9. The van der Waals surface area contributed by atoms with Gasteiger partial charge in [0, 0.05) is 6.61 Å². The van der Waals surface area contributed by atoms with E-state index in [-0.39, 0.29) is 18.6 Å². The van der Waals surface area contributed by atoms with Gasteiger partial charge in [-0.1, -0.05) is 12.2 Å². The van der Waals surface area contributed by atoms with Gasteiger partial charge in [0.15, 0.2) is 0 Å². The zero-order chi connectivity index (χ0) is 7.40. The van der Waals surface area contributed by atoms with Crippen LogP contribution in [0.25, 0.3) is 0 Å². The summed E-state index contributed by atoms with van der Waals surface area (Å²) in [7, 11) is 0. The van der Waals surface area contributed by atoms with Crippen LogP contribution >= 0.6 is 0 Å². The largest absolute Gasteiger partial charge is 0.396 e. The molecule has 2 N–H and O–H groups in total. The normalized spacial score (nSPS) is 32.6. The molecule has 2 heteroatoms. The molecule has 0 heterocycles. The minimum atomic E-state index is -0.319. The molecule has 1 aliphatic carbocycles. The summed E-state index contributed by atoms with van der Waals surface area (Å²) in [4.78, 5) is 0. The van der Waals surface area contributed by atoms with Gasteiger partial charge in [-0.2, -0.15) is 0 Å². The van der Waals surface area contributed by atoms with E-state index in [2.05, 4.69) is 0 Å². The molecule has 0 unspecified atom stereocenters. The molecule has 0 aliphatic heterocycles. The molecule has 0 amide bonds. The van der Waals surface area contributed by atoms with E-state index in [1.54, 1.807) is 0 Å². The smallest absolute Gasteiger partial charge is 0.0750 e. The summed E-state index contributed by atoms with van der Waals surface area (Å²) in [6.45, 7) is 0.190. The second kappa shape index (κ2) is 3.74. The van der Waals surface area contributed by atoms with E-state index < -0.39 is 0 Å². The average molecular weight is 142 g/mol. The Morgan fingerprint density at radius 2 is 2.30 bits per heavy atom. The van der Waals surface area contributed by atoms with Gasteiger partial charge < -0.3 is 10.2 Å². The summed E-state index contributed by atoms with van der Waals surface area (Å²) < 4.78 is 0. The number of aliphatic hydroxyl groups is 2. The molecule has 0 aromatic rings. The Hall–Kier alpha value is -0.340. The van der Waals surface area contributed by atoms with Crippen molar-refractivity contribution in [2.45, 2.75) is 25.4 Å². The maximum atomic E-state index is 9.30. The molecule has 58 valence electrons. The lowest BCUT2D eigenvalue weighted by molar-refractivity contribution is 0.116. The van der Waals surface area contributed by atoms with Crippen LogP contribution in [-0.2, 0) is 0 Å². The summed E-state index contributed by atoms with van der Waals surface area (Å²) in [6.07, 6.45) is 6.29. The van der Waals surface area contributed by atoms with E-state index >= 15 is 0 Å². The summed E-state index contributed by atoms with van der Waals surface area (Å²) in [6, 6.07) is 0. The van der Waals surface area contributed by atoms with Gasteiger partial charge in [0.05, 0.1) is 6.10 Å². The van der Waals surface area contributed by atoms with Crippen molar-refractivity contribution in [2.24, 2.45) is 5.92 Å². The molecule has 1 aliphatic rings. The predicted molar refractivity (Wildman–Crippen MR) is 39.6 cm³/mol. The van der Waals surface area contributed by atoms with E-state index in [0.29, 0.717) is 0 Å². The lowest BCUT2D eigenvalue weighted by Crippen LogP contribution is -2.21. The average Bonchev–Trinajstić information content (AvgIpc) is 1.94. The van der Waals surface area contributed by atoms with Gasteiger partial charge >= 0.3 is 0 Å². The predicted octanol–water partition coefficient (Wildman–Crippen LogP) is 0.696. The van der Waals surface area contributed by atoms with E-state index in [0.717, 1.165) is 19.3 Å². The second-order valence-electron chi connectivity index (χ2n) is 2.77. The highest BCUT2D eigenvalue weighted by Crippen LogP contribution is 2.21. The standard InChI is InChI=1S/C8H14O2/c9-6-5-7-3-1-2-4-8(7)10/h2,4,7-10H,1,3,5-6H2/t7-,8-/m0/s1. The van der Waals surface area contributed by atoms with Crippen LogP contribution in [0, 0.1) is 5.92 Å². The highest BCUT2D eigenvalue weighted by molar-refractivity contribution is 4.97.